The number of likely N-dealkylation sites (N-methyl/N-ethyl adjacent to an activating group) is 1. The van der Waals surface area contributed by atoms with Gasteiger partial charge in [0.05, 0.1) is 5.02 Å². The standard InChI is InChI=1S/C12H13ClFN/c1-15-6-9-5-12(9,7-15)8-2-3-10(13)11(14)4-8/h2-4,9H,5-7H2,1H3/t9-,12?/m0/s1. The zero-order valence-electron chi connectivity index (χ0n) is 8.63. The van der Waals surface area contributed by atoms with Crippen molar-refractivity contribution >= 4 is 11.6 Å². The lowest BCUT2D eigenvalue weighted by Crippen LogP contribution is -2.22. The van der Waals surface area contributed by atoms with Crippen molar-refractivity contribution in [1.29, 1.82) is 0 Å². The summed E-state index contributed by atoms with van der Waals surface area (Å²) in [6, 6.07) is 5.26. The molecule has 1 heterocycles. The van der Waals surface area contributed by atoms with Gasteiger partial charge in [0.15, 0.2) is 0 Å². The number of fused-ring (bicyclic) bond motifs is 1. The molecule has 1 unspecified atom stereocenters. The van der Waals surface area contributed by atoms with E-state index in [9.17, 15) is 4.39 Å². The van der Waals surface area contributed by atoms with Gasteiger partial charge in [-0.05, 0) is 37.1 Å². The van der Waals surface area contributed by atoms with Crippen molar-refractivity contribution in [3.63, 3.8) is 0 Å². The molecule has 15 heavy (non-hydrogen) atoms. The zero-order valence-corrected chi connectivity index (χ0v) is 9.39. The Bertz CT molecular complexity index is 420. The number of nitrogens with zero attached hydrogens (tertiary/aromatic N) is 1. The maximum Gasteiger partial charge on any atom is 0.142 e. The Balaban J connectivity index is 1.97. The zero-order chi connectivity index (χ0) is 10.6. The van der Waals surface area contributed by atoms with Gasteiger partial charge in [-0.3, -0.25) is 0 Å². The van der Waals surface area contributed by atoms with Crippen molar-refractivity contribution in [3.05, 3.63) is 34.6 Å². The molecule has 0 N–H and O–H groups in total. The normalized spacial score (nSPS) is 34.2. The Labute approximate surface area is 93.8 Å². The predicted octanol–water partition coefficient (Wildman–Crippen LogP) is 2.68. The van der Waals surface area contributed by atoms with Gasteiger partial charge in [-0.15, -0.1) is 0 Å². The highest BCUT2D eigenvalue weighted by molar-refractivity contribution is 6.30. The second-order valence-electron chi connectivity index (χ2n) is 4.88. The van der Waals surface area contributed by atoms with Gasteiger partial charge < -0.3 is 4.90 Å². The van der Waals surface area contributed by atoms with Crippen LogP contribution in [0.1, 0.15) is 12.0 Å². The lowest BCUT2D eigenvalue weighted by Gasteiger charge is -2.16. The van der Waals surface area contributed by atoms with Crippen molar-refractivity contribution in [3.8, 4) is 0 Å². The van der Waals surface area contributed by atoms with Gasteiger partial charge in [-0.25, -0.2) is 4.39 Å². The van der Waals surface area contributed by atoms with Crippen LogP contribution < -0.4 is 0 Å². The molecule has 1 aromatic rings. The van der Waals surface area contributed by atoms with E-state index in [1.165, 1.54) is 6.42 Å². The third-order valence-electron chi connectivity index (χ3n) is 3.81. The van der Waals surface area contributed by atoms with E-state index < -0.39 is 0 Å². The molecule has 2 atom stereocenters. The fourth-order valence-corrected chi connectivity index (χ4v) is 3.10. The number of halogens is 2. The Hall–Kier alpha value is -0.600. The smallest absolute Gasteiger partial charge is 0.142 e. The molecule has 0 radical (unpaired) electrons. The second-order valence-corrected chi connectivity index (χ2v) is 5.29. The largest absolute Gasteiger partial charge is 0.305 e. The third kappa shape index (κ3) is 1.31. The van der Waals surface area contributed by atoms with Crippen molar-refractivity contribution in [2.24, 2.45) is 5.92 Å². The molecule has 1 saturated heterocycles. The highest BCUT2D eigenvalue weighted by Gasteiger charge is 2.59. The van der Waals surface area contributed by atoms with E-state index in [1.54, 1.807) is 12.1 Å². The lowest BCUT2D eigenvalue weighted by atomic mass is 9.95. The predicted molar refractivity (Wildman–Crippen MR) is 58.7 cm³/mol. The van der Waals surface area contributed by atoms with Crippen LogP contribution in [0.2, 0.25) is 5.02 Å². The van der Waals surface area contributed by atoms with Gasteiger partial charge in [0, 0.05) is 18.5 Å². The van der Waals surface area contributed by atoms with Gasteiger partial charge in [0.1, 0.15) is 5.82 Å². The van der Waals surface area contributed by atoms with Crippen LogP contribution >= 0.6 is 11.6 Å². The molecule has 2 fully saturated rings. The van der Waals surface area contributed by atoms with E-state index in [0.717, 1.165) is 24.6 Å². The Morgan fingerprint density at radius 2 is 2.33 bits per heavy atom. The van der Waals surface area contributed by atoms with Gasteiger partial charge in [0.2, 0.25) is 0 Å². The number of rotatable bonds is 1. The van der Waals surface area contributed by atoms with Crippen LogP contribution in [0.15, 0.2) is 18.2 Å². The Morgan fingerprint density at radius 1 is 1.53 bits per heavy atom. The maximum atomic E-state index is 13.4. The van der Waals surface area contributed by atoms with Crippen molar-refractivity contribution in [2.45, 2.75) is 11.8 Å². The van der Waals surface area contributed by atoms with Crippen LogP contribution in [0.3, 0.4) is 0 Å². The fourth-order valence-electron chi connectivity index (χ4n) is 2.99. The first kappa shape index (κ1) is 9.61. The first-order chi connectivity index (χ1) is 7.12. The van der Waals surface area contributed by atoms with E-state index in [0.29, 0.717) is 0 Å². The summed E-state index contributed by atoms with van der Waals surface area (Å²) in [4.78, 5) is 2.32. The topological polar surface area (TPSA) is 3.24 Å². The molecule has 0 aromatic heterocycles. The molecule has 80 valence electrons. The number of piperidine rings is 1. The number of hydrogen-bond donors (Lipinski definition) is 0. The molecule has 3 rings (SSSR count). The molecule has 0 spiro atoms. The monoisotopic (exact) mass is 225 g/mol. The minimum atomic E-state index is -0.288. The minimum absolute atomic E-state index is 0.221. The van der Waals surface area contributed by atoms with Crippen LogP contribution in [0.5, 0.6) is 0 Å². The van der Waals surface area contributed by atoms with Gasteiger partial charge in [-0.2, -0.15) is 0 Å². The highest BCUT2D eigenvalue weighted by Crippen LogP contribution is 2.58. The summed E-state index contributed by atoms with van der Waals surface area (Å²) in [5.41, 5.74) is 1.36. The first-order valence-corrected chi connectivity index (χ1v) is 5.64. The molecule has 1 aliphatic carbocycles. The number of likely N-dealkylation sites (tertiary alicyclic amines) is 1. The van der Waals surface area contributed by atoms with Crippen LogP contribution in [0, 0.1) is 11.7 Å². The average molecular weight is 226 g/mol. The molecule has 1 aromatic carbocycles. The van der Waals surface area contributed by atoms with Crippen LogP contribution in [0.25, 0.3) is 0 Å². The molecule has 1 aliphatic heterocycles. The van der Waals surface area contributed by atoms with E-state index >= 15 is 0 Å². The van der Waals surface area contributed by atoms with Crippen LogP contribution in [-0.2, 0) is 5.41 Å². The van der Waals surface area contributed by atoms with E-state index in [1.807, 2.05) is 6.07 Å². The lowest BCUT2D eigenvalue weighted by molar-refractivity contribution is 0.363. The molecule has 3 heteroatoms. The summed E-state index contributed by atoms with van der Waals surface area (Å²) in [6.45, 7) is 2.20. The Morgan fingerprint density at radius 3 is 2.93 bits per heavy atom. The average Bonchev–Trinajstić information content (AvgIpc) is 2.75. The first-order valence-electron chi connectivity index (χ1n) is 5.26. The third-order valence-corrected chi connectivity index (χ3v) is 4.12. The SMILES string of the molecule is CN1C[C@@H]2CC2(c2ccc(Cl)c(F)c2)C1. The van der Waals surface area contributed by atoms with Crippen molar-refractivity contribution in [1.82, 2.24) is 4.90 Å². The second kappa shape index (κ2) is 2.96. The molecular weight excluding hydrogens is 213 g/mol. The summed E-state index contributed by atoms with van der Waals surface area (Å²) in [7, 11) is 2.13. The molecular formula is C12H13ClFN. The summed E-state index contributed by atoms with van der Waals surface area (Å²) in [5, 5.41) is 0.221. The molecule has 1 nitrogen and oxygen atoms in total. The van der Waals surface area contributed by atoms with Crippen molar-refractivity contribution < 1.29 is 4.39 Å². The number of benzene rings is 1. The van der Waals surface area contributed by atoms with E-state index in [2.05, 4.69) is 11.9 Å². The fraction of sp³-hybridized carbons (Fsp3) is 0.500. The summed E-state index contributed by atoms with van der Waals surface area (Å²) < 4.78 is 13.4. The summed E-state index contributed by atoms with van der Waals surface area (Å²) in [5.74, 6) is 0.437. The van der Waals surface area contributed by atoms with Crippen molar-refractivity contribution in [2.75, 3.05) is 20.1 Å². The minimum Gasteiger partial charge on any atom is -0.305 e. The van der Waals surface area contributed by atoms with Gasteiger partial charge in [0.25, 0.3) is 0 Å². The van der Waals surface area contributed by atoms with Crippen LogP contribution in [-0.4, -0.2) is 25.0 Å². The highest BCUT2D eigenvalue weighted by atomic mass is 35.5. The quantitative estimate of drug-likeness (QED) is 0.711. The van der Waals surface area contributed by atoms with Crippen LogP contribution in [0.4, 0.5) is 4.39 Å². The van der Waals surface area contributed by atoms with E-state index in [4.69, 9.17) is 11.6 Å². The molecule has 0 bridgehead atoms. The summed E-state index contributed by atoms with van der Waals surface area (Å²) >= 11 is 5.69. The molecule has 2 aliphatic rings. The van der Waals surface area contributed by atoms with E-state index in [-0.39, 0.29) is 16.3 Å². The van der Waals surface area contributed by atoms with Gasteiger partial charge in [-0.1, -0.05) is 17.7 Å². The maximum absolute atomic E-state index is 13.4. The molecule has 0 amide bonds. The Kier molecular flexibility index (Phi) is 1.89. The molecule has 1 saturated carbocycles. The number of hydrogen-bond acceptors (Lipinski definition) is 1. The summed E-state index contributed by atoms with van der Waals surface area (Å²) in [6.07, 6.45) is 1.21. The van der Waals surface area contributed by atoms with Gasteiger partial charge >= 0.3 is 0 Å².